The predicted octanol–water partition coefficient (Wildman–Crippen LogP) is 2.92. The molecule has 1 aromatic carbocycles. The zero-order chi connectivity index (χ0) is 15.5. The van der Waals surface area contributed by atoms with Crippen LogP contribution in [0.15, 0.2) is 18.2 Å². The molecule has 0 spiro atoms. The first-order valence-corrected chi connectivity index (χ1v) is 7.83. The van der Waals surface area contributed by atoms with Crippen LogP contribution in [0.4, 0.5) is 0 Å². The van der Waals surface area contributed by atoms with Crippen molar-refractivity contribution in [3.05, 3.63) is 41.0 Å². The molecule has 1 atom stereocenters. The summed E-state index contributed by atoms with van der Waals surface area (Å²) in [5.74, 6) is 1.73. The van der Waals surface area contributed by atoms with Gasteiger partial charge in [-0.25, -0.2) is 9.67 Å². The molecule has 1 aromatic heterocycles. The number of hydrogen-bond donors (Lipinski definition) is 0. The van der Waals surface area contributed by atoms with E-state index in [2.05, 4.69) is 32.0 Å². The maximum absolute atomic E-state index is 5.83. The van der Waals surface area contributed by atoms with Gasteiger partial charge in [-0.15, -0.1) is 0 Å². The van der Waals surface area contributed by atoms with Crippen molar-refractivity contribution in [3.63, 3.8) is 0 Å². The second kappa shape index (κ2) is 6.58. The van der Waals surface area contributed by atoms with E-state index >= 15 is 0 Å². The largest absolute Gasteiger partial charge is 0.384 e. The molecular formula is C17H23N3O2. The summed E-state index contributed by atoms with van der Waals surface area (Å²) in [5, 5.41) is 4.71. The normalized spacial score (nSPS) is 18.0. The Hall–Kier alpha value is -1.72. The van der Waals surface area contributed by atoms with Crippen LogP contribution in [-0.4, -0.2) is 35.1 Å². The van der Waals surface area contributed by atoms with E-state index < -0.39 is 0 Å². The first kappa shape index (κ1) is 15.2. The highest BCUT2D eigenvalue weighted by molar-refractivity contribution is 5.44. The average Bonchev–Trinajstić information content (AvgIpc) is 3.16. The third-order valence-electron chi connectivity index (χ3n) is 4.23. The molecule has 0 bridgehead atoms. The molecule has 2 aromatic rings. The number of nitrogens with zero attached hydrogens (tertiary/aromatic N) is 3. The molecule has 2 heterocycles. The molecule has 0 saturated carbocycles. The lowest BCUT2D eigenvalue weighted by atomic mass is 10.1. The van der Waals surface area contributed by atoms with Gasteiger partial charge in [0, 0.05) is 20.1 Å². The summed E-state index contributed by atoms with van der Waals surface area (Å²) in [6, 6.07) is 6.27. The van der Waals surface area contributed by atoms with E-state index in [9.17, 15) is 0 Å². The van der Waals surface area contributed by atoms with Crippen LogP contribution in [0.1, 0.15) is 41.7 Å². The van der Waals surface area contributed by atoms with Crippen LogP contribution < -0.4 is 0 Å². The van der Waals surface area contributed by atoms with Crippen LogP contribution in [0.2, 0.25) is 0 Å². The summed E-state index contributed by atoms with van der Waals surface area (Å²) in [5.41, 5.74) is 3.57. The Labute approximate surface area is 131 Å². The Morgan fingerprint density at radius 1 is 1.36 bits per heavy atom. The maximum atomic E-state index is 5.83. The fraction of sp³-hybridized carbons (Fsp3) is 0.529. The first-order chi connectivity index (χ1) is 10.7. The highest BCUT2D eigenvalue weighted by Crippen LogP contribution is 2.30. The Morgan fingerprint density at radius 3 is 2.95 bits per heavy atom. The van der Waals surface area contributed by atoms with Gasteiger partial charge in [0.2, 0.25) is 0 Å². The van der Waals surface area contributed by atoms with Crippen molar-refractivity contribution in [1.82, 2.24) is 14.8 Å². The summed E-state index contributed by atoms with van der Waals surface area (Å²) >= 11 is 0. The third kappa shape index (κ3) is 2.91. The van der Waals surface area contributed by atoms with E-state index in [4.69, 9.17) is 19.6 Å². The van der Waals surface area contributed by atoms with E-state index in [1.165, 1.54) is 11.1 Å². The minimum Gasteiger partial charge on any atom is -0.384 e. The molecule has 1 unspecified atom stereocenters. The van der Waals surface area contributed by atoms with Crippen LogP contribution >= 0.6 is 0 Å². The highest BCUT2D eigenvalue weighted by atomic mass is 16.5. The van der Waals surface area contributed by atoms with E-state index in [1.54, 1.807) is 7.11 Å². The van der Waals surface area contributed by atoms with Gasteiger partial charge in [0.25, 0.3) is 0 Å². The van der Waals surface area contributed by atoms with Gasteiger partial charge in [-0.05, 0) is 43.9 Å². The molecule has 118 valence electrons. The van der Waals surface area contributed by atoms with Crippen LogP contribution in [0.5, 0.6) is 0 Å². The Kier molecular flexibility index (Phi) is 4.55. The highest BCUT2D eigenvalue weighted by Gasteiger charge is 2.25. The van der Waals surface area contributed by atoms with Gasteiger partial charge < -0.3 is 9.47 Å². The number of rotatable bonds is 5. The molecule has 5 nitrogen and oxygen atoms in total. The van der Waals surface area contributed by atoms with Gasteiger partial charge in [0.05, 0.1) is 12.3 Å². The van der Waals surface area contributed by atoms with Crippen molar-refractivity contribution >= 4 is 0 Å². The third-order valence-corrected chi connectivity index (χ3v) is 4.23. The molecule has 1 aliphatic rings. The van der Waals surface area contributed by atoms with E-state index in [0.717, 1.165) is 36.8 Å². The second-order valence-electron chi connectivity index (χ2n) is 5.76. The molecule has 1 aliphatic heterocycles. The summed E-state index contributed by atoms with van der Waals surface area (Å²) in [6.45, 7) is 5.67. The minimum atomic E-state index is 0.0451. The second-order valence-corrected chi connectivity index (χ2v) is 5.76. The van der Waals surface area contributed by atoms with Gasteiger partial charge in [0.15, 0.2) is 11.6 Å². The quantitative estimate of drug-likeness (QED) is 0.852. The SMILES string of the molecule is COCCc1nc(C2CCCO2)n(-c2cccc(C)c2C)n1. The zero-order valence-corrected chi connectivity index (χ0v) is 13.5. The zero-order valence-electron chi connectivity index (χ0n) is 13.5. The first-order valence-electron chi connectivity index (χ1n) is 7.83. The van der Waals surface area contributed by atoms with Crippen molar-refractivity contribution in [3.8, 4) is 5.69 Å². The van der Waals surface area contributed by atoms with Crippen molar-refractivity contribution in [2.75, 3.05) is 20.3 Å². The van der Waals surface area contributed by atoms with Crippen molar-refractivity contribution in [2.45, 2.75) is 39.2 Å². The molecule has 0 aliphatic carbocycles. The topological polar surface area (TPSA) is 49.2 Å². The lowest BCUT2D eigenvalue weighted by molar-refractivity contribution is 0.103. The Morgan fingerprint density at radius 2 is 2.23 bits per heavy atom. The number of aromatic nitrogens is 3. The Balaban J connectivity index is 2.03. The number of methoxy groups -OCH3 is 1. The van der Waals surface area contributed by atoms with Crippen LogP contribution in [-0.2, 0) is 15.9 Å². The summed E-state index contributed by atoms with van der Waals surface area (Å²) in [6.07, 6.45) is 2.85. The molecule has 1 fully saturated rings. The van der Waals surface area contributed by atoms with Gasteiger partial charge in [-0.2, -0.15) is 5.10 Å². The predicted molar refractivity (Wildman–Crippen MR) is 84.3 cm³/mol. The minimum absolute atomic E-state index is 0.0451. The van der Waals surface area contributed by atoms with Gasteiger partial charge in [-0.3, -0.25) is 0 Å². The maximum Gasteiger partial charge on any atom is 0.161 e. The lowest BCUT2D eigenvalue weighted by Gasteiger charge is -2.13. The van der Waals surface area contributed by atoms with E-state index in [-0.39, 0.29) is 6.10 Å². The molecule has 3 rings (SSSR count). The monoisotopic (exact) mass is 301 g/mol. The van der Waals surface area contributed by atoms with Crippen molar-refractivity contribution < 1.29 is 9.47 Å². The van der Waals surface area contributed by atoms with Crippen LogP contribution in [0.3, 0.4) is 0 Å². The van der Waals surface area contributed by atoms with E-state index in [1.807, 2.05) is 4.68 Å². The lowest BCUT2D eigenvalue weighted by Crippen LogP contribution is -2.09. The number of hydrogen-bond acceptors (Lipinski definition) is 4. The Bertz CT molecular complexity index is 645. The van der Waals surface area contributed by atoms with Crippen LogP contribution in [0.25, 0.3) is 5.69 Å². The number of benzene rings is 1. The molecular weight excluding hydrogens is 278 g/mol. The smallest absolute Gasteiger partial charge is 0.161 e. The van der Waals surface area contributed by atoms with Gasteiger partial charge in [-0.1, -0.05) is 12.1 Å². The van der Waals surface area contributed by atoms with Crippen molar-refractivity contribution in [1.29, 1.82) is 0 Å². The number of ether oxygens (including phenoxy) is 2. The summed E-state index contributed by atoms with van der Waals surface area (Å²) in [7, 11) is 1.70. The van der Waals surface area contributed by atoms with Gasteiger partial charge in [0.1, 0.15) is 6.10 Å². The molecule has 0 radical (unpaired) electrons. The summed E-state index contributed by atoms with van der Waals surface area (Å²) in [4.78, 5) is 4.72. The van der Waals surface area contributed by atoms with Gasteiger partial charge >= 0.3 is 0 Å². The molecule has 5 heteroatoms. The van der Waals surface area contributed by atoms with Crippen molar-refractivity contribution in [2.24, 2.45) is 0 Å². The molecule has 0 amide bonds. The summed E-state index contributed by atoms with van der Waals surface area (Å²) < 4.78 is 12.9. The van der Waals surface area contributed by atoms with E-state index in [0.29, 0.717) is 13.0 Å². The average molecular weight is 301 g/mol. The molecule has 0 N–H and O–H groups in total. The fourth-order valence-corrected chi connectivity index (χ4v) is 2.80. The standard InChI is InChI=1S/C17H23N3O2/c1-12-6-4-7-14(13(12)2)20-17(15-8-5-10-22-15)18-16(19-20)9-11-21-3/h4,6-7,15H,5,8-11H2,1-3H3. The molecule has 22 heavy (non-hydrogen) atoms. The molecule has 1 saturated heterocycles. The number of aryl methyl sites for hydroxylation is 1. The van der Waals surface area contributed by atoms with Crippen LogP contribution in [0, 0.1) is 13.8 Å². The fourth-order valence-electron chi connectivity index (χ4n) is 2.80.